The molecule has 0 radical (unpaired) electrons. The number of carbonyl (C=O) groups excluding carboxylic acids is 3. The zero-order chi connectivity index (χ0) is 27.3. The molecule has 1 heterocycles. The van der Waals surface area contributed by atoms with Crippen molar-refractivity contribution in [3.8, 4) is 11.8 Å². The Morgan fingerprint density at radius 2 is 1.86 bits per heavy atom. The third-order valence-electron chi connectivity index (χ3n) is 5.47. The number of nitriles is 1. The number of rotatable bonds is 8. The lowest BCUT2D eigenvalue weighted by Crippen LogP contribution is -2.44. The molecule has 12 heteroatoms. The largest absolute Gasteiger partial charge is 0.491 e. The van der Waals surface area contributed by atoms with Crippen LogP contribution in [-0.4, -0.2) is 37.3 Å². The highest BCUT2D eigenvalue weighted by Crippen LogP contribution is 2.44. The second-order valence-corrected chi connectivity index (χ2v) is 10.1. The Balaban J connectivity index is 1.97. The summed E-state index contributed by atoms with van der Waals surface area (Å²) in [5, 5.41) is 16.3. The van der Waals surface area contributed by atoms with Crippen LogP contribution in [0.2, 0.25) is 15.1 Å². The maximum absolute atomic E-state index is 13.0. The van der Waals surface area contributed by atoms with Gasteiger partial charge in [0.25, 0.3) is 0 Å². The zero-order valence-corrected chi connectivity index (χ0v) is 23.1. The lowest BCUT2D eigenvalue weighted by Gasteiger charge is -2.31. The molecule has 0 fully saturated rings. The summed E-state index contributed by atoms with van der Waals surface area (Å²) >= 11 is 19.7. The van der Waals surface area contributed by atoms with Gasteiger partial charge < -0.3 is 20.1 Å². The second kappa shape index (κ2) is 12.6. The number of amides is 2. The van der Waals surface area contributed by atoms with Crippen LogP contribution >= 0.6 is 46.6 Å². The first kappa shape index (κ1) is 28.7. The summed E-state index contributed by atoms with van der Waals surface area (Å²) < 4.78 is 10.3. The highest BCUT2D eigenvalue weighted by Gasteiger charge is 2.44. The number of anilines is 1. The number of hydrogen-bond acceptors (Lipinski definition) is 7. The average Bonchev–Trinajstić information content (AvgIpc) is 2.86. The van der Waals surface area contributed by atoms with E-state index in [0.717, 1.165) is 24.4 Å². The number of aryl methyl sites for hydroxylation is 1. The summed E-state index contributed by atoms with van der Waals surface area (Å²) in [6.07, 6.45) is 0. The molecule has 37 heavy (non-hydrogen) atoms. The molecule has 0 bridgehead atoms. The molecule has 2 amide bonds. The van der Waals surface area contributed by atoms with E-state index in [4.69, 9.17) is 44.3 Å². The highest BCUT2D eigenvalue weighted by molar-refractivity contribution is 8.03. The minimum atomic E-state index is -1.38. The van der Waals surface area contributed by atoms with Crippen LogP contribution in [0.4, 0.5) is 5.69 Å². The van der Waals surface area contributed by atoms with E-state index in [9.17, 15) is 19.6 Å². The van der Waals surface area contributed by atoms with Crippen LogP contribution in [0.15, 0.2) is 40.9 Å². The average molecular weight is 583 g/mol. The van der Waals surface area contributed by atoms with Gasteiger partial charge >= 0.3 is 5.97 Å². The number of hydrogen-bond donors (Lipinski definition) is 2. The molecular weight excluding hydrogens is 561 g/mol. The van der Waals surface area contributed by atoms with Crippen molar-refractivity contribution < 1.29 is 23.9 Å². The number of nitrogens with one attached hydrogen (secondary N) is 2. The monoisotopic (exact) mass is 581 g/mol. The van der Waals surface area contributed by atoms with Gasteiger partial charge in [0.2, 0.25) is 11.8 Å². The number of ether oxygens (including phenoxy) is 2. The van der Waals surface area contributed by atoms with Crippen LogP contribution in [0.5, 0.6) is 5.75 Å². The van der Waals surface area contributed by atoms with Gasteiger partial charge in [0, 0.05) is 16.6 Å². The van der Waals surface area contributed by atoms with Gasteiger partial charge in [-0.3, -0.25) is 14.4 Å². The maximum Gasteiger partial charge on any atom is 0.319 e. The van der Waals surface area contributed by atoms with Crippen LogP contribution in [0.3, 0.4) is 0 Å². The Morgan fingerprint density at radius 1 is 1.19 bits per heavy atom. The van der Waals surface area contributed by atoms with E-state index >= 15 is 0 Å². The molecule has 2 N–H and O–H groups in total. The summed E-state index contributed by atoms with van der Waals surface area (Å²) in [6, 6.07) is 10.2. The van der Waals surface area contributed by atoms with Crippen LogP contribution in [0.25, 0.3) is 0 Å². The molecule has 194 valence electrons. The number of thioether (sulfide) groups is 1. The SMILES string of the molecule is CCOc1c(Cl)cc([C@H]2C(C#N)=C(SCC(=O)Nc3cc(Cl)ccc3C)NC(=O)[C@@H]2C(=O)OC)cc1Cl. The van der Waals surface area contributed by atoms with E-state index in [1.807, 2.05) is 6.92 Å². The summed E-state index contributed by atoms with van der Waals surface area (Å²) in [4.78, 5) is 38.3. The van der Waals surface area contributed by atoms with Gasteiger partial charge in [0.05, 0.1) is 46.2 Å². The molecule has 1 aliphatic heterocycles. The lowest BCUT2D eigenvalue weighted by atomic mass is 9.78. The van der Waals surface area contributed by atoms with Crippen molar-refractivity contribution in [2.24, 2.45) is 5.92 Å². The predicted octanol–water partition coefficient (Wildman–Crippen LogP) is 5.46. The van der Waals surface area contributed by atoms with Crippen molar-refractivity contribution in [1.82, 2.24) is 5.32 Å². The maximum atomic E-state index is 13.0. The van der Waals surface area contributed by atoms with Crippen molar-refractivity contribution in [2.75, 3.05) is 24.8 Å². The fourth-order valence-electron chi connectivity index (χ4n) is 3.77. The molecule has 0 unspecified atom stereocenters. The molecule has 8 nitrogen and oxygen atoms in total. The van der Waals surface area contributed by atoms with E-state index in [0.29, 0.717) is 22.9 Å². The van der Waals surface area contributed by atoms with Crippen LogP contribution in [0.1, 0.15) is 24.0 Å². The molecular formula is C25H22Cl3N3O5S. The Bertz CT molecular complexity index is 1300. The smallest absolute Gasteiger partial charge is 0.319 e. The van der Waals surface area contributed by atoms with Gasteiger partial charge in [-0.2, -0.15) is 5.26 Å². The first-order valence-electron chi connectivity index (χ1n) is 10.9. The lowest BCUT2D eigenvalue weighted by molar-refractivity contribution is -0.150. The first-order chi connectivity index (χ1) is 17.6. The van der Waals surface area contributed by atoms with Crippen molar-refractivity contribution in [1.29, 1.82) is 5.26 Å². The zero-order valence-electron chi connectivity index (χ0n) is 20.0. The number of nitrogens with zero attached hydrogens (tertiary/aromatic N) is 1. The second-order valence-electron chi connectivity index (χ2n) is 7.87. The molecule has 3 rings (SSSR count). The van der Waals surface area contributed by atoms with E-state index in [2.05, 4.69) is 16.7 Å². The van der Waals surface area contributed by atoms with Gasteiger partial charge in [-0.05, 0) is 49.2 Å². The number of esters is 1. The van der Waals surface area contributed by atoms with Gasteiger partial charge in [-0.1, -0.05) is 52.6 Å². The number of allylic oxidation sites excluding steroid dienone is 1. The summed E-state index contributed by atoms with van der Waals surface area (Å²) in [6.45, 7) is 3.90. The number of benzene rings is 2. The number of methoxy groups -OCH3 is 1. The minimum absolute atomic E-state index is 0.0584. The fraction of sp³-hybridized carbons (Fsp3) is 0.280. The Hall–Kier alpha value is -2.90. The summed E-state index contributed by atoms with van der Waals surface area (Å²) in [7, 11) is 1.15. The normalized spacial score (nSPS) is 17.1. The Kier molecular flexibility index (Phi) is 9.74. The van der Waals surface area contributed by atoms with Gasteiger partial charge in [0.15, 0.2) is 5.75 Å². The molecule has 0 aromatic heterocycles. The molecule has 2 atom stereocenters. The van der Waals surface area contributed by atoms with Crippen molar-refractivity contribution >= 4 is 70.0 Å². The minimum Gasteiger partial charge on any atom is -0.491 e. The molecule has 2 aromatic rings. The molecule has 0 saturated carbocycles. The Morgan fingerprint density at radius 3 is 2.46 bits per heavy atom. The molecule has 0 saturated heterocycles. The van der Waals surface area contributed by atoms with E-state index in [-0.39, 0.29) is 38.1 Å². The highest BCUT2D eigenvalue weighted by atomic mass is 35.5. The topological polar surface area (TPSA) is 118 Å². The van der Waals surface area contributed by atoms with Crippen molar-refractivity contribution in [2.45, 2.75) is 19.8 Å². The van der Waals surface area contributed by atoms with Gasteiger partial charge in [-0.15, -0.1) is 0 Å². The quantitative estimate of drug-likeness (QED) is 0.313. The molecule has 1 aliphatic rings. The Labute approximate surface area is 233 Å². The third-order valence-corrected chi connectivity index (χ3v) is 7.29. The van der Waals surface area contributed by atoms with Gasteiger partial charge in [-0.25, -0.2) is 0 Å². The molecule has 0 aliphatic carbocycles. The first-order valence-corrected chi connectivity index (χ1v) is 13.1. The van der Waals surface area contributed by atoms with Crippen LogP contribution in [-0.2, 0) is 19.1 Å². The summed E-state index contributed by atoms with van der Waals surface area (Å²) in [5.74, 6) is -4.23. The van der Waals surface area contributed by atoms with Crippen LogP contribution < -0.4 is 15.4 Å². The standard InChI is InChI=1S/C25H22Cl3N3O5S/c1-4-36-22-16(27)7-13(8-17(22)28)20-15(10-29)24(31-23(33)21(20)25(34)35-3)37-11-19(32)30-18-9-14(26)6-5-12(18)2/h5-9,20-21H,4,11H2,1-3H3,(H,30,32)(H,31,33)/t20-,21+/m0/s1. The third kappa shape index (κ3) is 6.51. The fourth-order valence-corrected chi connectivity index (χ4v) is 5.41. The van der Waals surface area contributed by atoms with E-state index in [1.54, 1.807) is 25.1 Å². The summed E-state index contributed by atoms with van der Waals surface area (Å²) in [5.41, 5.74) is 1.76. The van der Waals surface area contributed by atoms with Crippen molar-refractivity contribution in [3.63, 3.8) is 0 Å². The molecule has 2 aromatic carbocycles. The number of carbonyl (C=O) groups is 3. The van der Waals surface area contributed by atoms with Gasteiger partial charge in [0.1, 0.15) is 5.92 Å². The number of halogens is 3. The van der Waals surface area contributed by atoms with E-state index < -0.39 is 23.7 Å². The van der Waals surface area contributed by atoms with Crippen LogP contribution in [0, 0.1) is 24.2 Å². The molecule has 0 spiro atoms. The van der Waals surface area contributed by atoms with Crippen molar-refractivity contribution in [3.05, 3.63) is 67.1 Å². The predicted molar refractivity (Wildman–Crippen MR) is 144 cm³/mol. The van der Waals surface area contributed by atoms with E-state index in [1.165, 1.54) is 12.1 Å².